The first-order valence-corrected chi connectivity index (χ1v) is 6.90. The SMILES string of the molecule is CNC(C)(CO)CCCCN(CC(F)(F)F)C1CC1. The number of aliphatic hydroxyl groups is 1. The standard InChI is InChI=1S/C13H25F3N2O/c1-12(10-19,17-2)7-3-4-8-18(11-5-6-11)9-13(14,15)16/h11,17,19H,3-10H2,1-2H3. The lowest BCUT2D eigenvalue weighted by atomic mass is 9.96. The van der Waals surface area contributed by atoms with E-state index in [-0.39, 0.29) is 18.2 Å². The van der Waals surface area contributed by atoms with Crippen molar-refractivity contribution < 1.29 is 18.3 Å². The molecule has 0 heterocycles. The summed E-state index contributed by atoms with van der Waals surface area (Å²) >= 11 is 0. The van der Waals surface area contributed by atoms with E-state index in [2.05, 4.69) is 5.32 Å². The smallest absolute Gasteiger partial charge is 0.394 e. The summed E-state index contributed by atoms with van der Waals surface area (Å²) in [5, 5.41) is 12.3. The maximum atomic E-state index is 12.4. The van der Waals surface area contributed by atoms with E-state index < -0.39 is 12.7 Å². The number of rotatable bonds is 9. The van der Waals surface area contributed by atoms with E-state index in [0.717, 1.165) is 32.1 Å². The number of likely N-dealkylation sites (N-methyl/N-ethyl adjacent to an activating group) is 1. The second-order valence-corrected chi connectivity index (χ2v) is 5.74. The Labute approximate surface area is 113 Å². The van der Waals surface area contributed by atoms with Gasteiger partial charge >= 0.3 is 6.18 Å². The van der Waals surface area contributed by atoms with Crippen LogP contribution in [0.4, 0.5) is 13.2 Å². The number of alkyl halides is 3. The molecule has 0 aromatic heterocycles. The quantitative estimate of drug-likeness (QED) is 0.636. The Balaban J connectivity index is 2.25. The number of aliphatic hydroxyl groups excluding tert-OH is 1. The minimum Gasteiger partial charge on any atom is -0.394 e. The van der Waals surface area contributed by atoms with Crippen LogP contribution in [0.2, 0.25) is 0 Å². The summed E-state index contributed by atoms with van der Waals surface area (Å²) in [5.41, 5.74) is -0.325. The normalized spacial score (nSPS) is 19.7. The molecule has 1 unspecified atom stereocenters. The van der Waals surface area contributed by atoms with Crippen LogP contribution in [0.1, 0.15) is 39.0 Å². The predicted molar refractivity (Wildman–Crippen MR) is 69.1 cm³/mol. The molecule has 0 aromatic rings. The van der Waals surface area contributed by atoms with Crippen molar-refractivity contribution in [3.63, 3.8) is 0 Å². The van der Waals surface area contributed by atoms with Crippen LogP contribution in [0.15, 0.2) is 0 Å². The van der Waals surface area contributed by atoms with Crippen LogP contribution in [-0.2, 0) is 0 Å². The van der Waals surface area contributed by atoms with Crippen molar-refractivity contribution in [1.82, 2.24) is 10.2 Å². The third kappa shape index (κ3) is 6.58. The number of nitrogens with zero attached hydrogens (tertiary/aromatic N) is 1. The molecule has 0 amide bonds. The van der Waals surface area contributed by atoms with Gasteiger partial charge in [0.1, 0.15) is 0 Å². The Bertz CT molecular complexity index is 263. The first kappa shape index (κ1) is 16.7. The van der Waals surface area contributed by atoms with Crippen molar-refractivity contribution in [1.29, 1.82) is 0 Å². The summed E-state index contributed by atoms with van der Waals surface area (Å²) in [5.74, 6) is 0. The van der Waals surface area contributed by atoms with Gasteiger partial charge in [0.05, 0.1) is 13.2 Å². The number of unbranched alkanes of at least 4 members (excludes halogenated alkanes) is 1. The Hall–Kier alpha value is -0.330. The monoisotopic (exact) mass is 282 g/mol. The van der Waals surface area contributed by atoms with Gasteiger partial charge in [-0.1, -0.05) is 6.42 Å². The van der Waals surface area contributed by atoms with E-state index in [1.807, 2.05) is 6.92 Å². The summed E-state index contributed by atoms with van der Waals surface area (Å²) in [6.45, 7) is 1.66. The fraction of sp³-hybridized carbons (Fsp3) is 1.00. The molecule has 6 heteroatoms. The number of hydrogen-bond acceptors (Lipinski definition) is 3. The lowest BCUT2D eigenvalue weighted by molar-refractivity contribution is -0.147. The molecular formula is C13H25F3N2O. The fourth-order valence-electron chi connectivity index (χ4n) is 2.17. The minimum absolute atomic E-state index is 0.0401. The summed E-state index contributed by atoms with van der Waals surface area (Å²) in [4.78, 5) is 1.55. The molecule has 0 bridgehead atoms. The minimum atomic E-state index is -4.10. The van der Waals surface area contributed by atoms with E-state index in [9.17, 15) is 18.3 Å². The molecule has 1 rings (SSSR count). The van der Waals surface area contributed by atoms with Crippen LogP contribution in [0.25, 0.3) is 0 Å². The van der Waals surface area contributed by atoms with Crippen LogP contribution in [-0.4, -0.2) is 54.5 Å². The van der Waals surface area contributed by atoms with Crippen molar-refractivity contribution in [2.45, 2.75) is 56.8 Å². The zero-order valence-corrected chi connectivity index (χ0v) is 11.8. The van der Waals surface area contributed by atoms with E-state index >= 15 is 0 Å². The van der Waals surface area contributed by atoms with Gasteiger partial charge in [0.15, 0.2) is 0 Å². The molecular weight excluding hydrogens is 257 g/mol. The maximum absolute atomic E-state index is 12.4. The molecule has 0 aromatic carbocycles. The zero-order chi connectivity index (χ0) is 14.5. The van der Waals surface area contributed by atoms with E-state index in [1.165, 1.54) is 0 Å². The summed E-state index contributed by atoms with van der Waals surface area (Å²) in [6, 6.07) is 0.134. The molecule has 1 fully saturated rings. The lowest BCUT2D eigenvalue weighted by Crippen LogP contribution is -2.43. The van der Waals surface area contributed by atoms with E-state index in [1.54, 1.807) is 11.9 Å². The average molecular weight is 282 g/mol. The van der Waals surface area contributed by atoms with E-state index in [4.69, 9.17) is 0 Å². The van der Waals surface area contributed by atoms with Gasteiger partial charge in [-0.3, -0.25) is 4.90 Å². The molecule has 114 valence electrons. The van der Waals surface area contributed by atoms with Crippen LogP contribution in [0.5, 0.6) is 0 Å². The molecule has 0 spiro atoms. The highest BCUT2D eigenvalue weighted by Crippen LogP contribution is 2.30. The van der Waals surface area contributed by atoms with Crippen molar-refractivity contribution in [3.8, 4) is 0 Å². The van der Waals surface area contributed by atoms with Gasteiger partial charge in [-0.2, -0.15) is 13.2 Å². The Kier molecular flexibility index (Phi) is 6.08. The molecule has 1 aliphatic carbocycles. The van der Waals surface area contributed by atoms with Gasteiger partial charge in [0.2, 0.25) is 0 Å². The third-order valence-corrected chi connectivity index (χ3v) is 3.82. The van der Waals surface area contributed by atoms with Gasteiger partial charge in [-0.05, 0) is 46.2 Å². The zero-order valence-electron chi connectivity index (χ0n) is 11.8. The molecule has 2 N–H and O–H groups in total. The number of halogens is 3. The second-order valence-electron chi connectivity index (χ2n) is 5.74. The fourth-order valence-corrected chi connectivity index (χ4v) is 2.17. The Morgan fingerprint density at radius 2 is 1.89 bits per heavy atom. The summed E-state index contributed by atoms with van der Waals surface area (Å²) in [6.07, 6.45) is 0.00241. The highest BCUT2D eigenvalue weighted by atomic mass is 19.4. The molecule has 1 atom stereocenters. The van der Waals surface area contributed by atoms with Gasteiger partial charge < -0.3 is 10.4 Å². The highest BCUT2D eigenvalue weighted by Gasteiger charge is 2.37. The average Bonchev–Trinajstić information content (AvgIpc) is 3.15. The Morgan fingerprint density at radius 3 is 2.32 bits per heavy atom. The van der Waals surface area contributed by atoms with Gasteiger partial charge in [0.25, 0.3) is 0 Å². The molecule has 0 radical (unpaired) electrons. The topological polar surface area (TPSA) is 35.5 Å². The highest BCUT2D eigenvalue weighted by molar-refractivity contribution is 4.86. The molecule has 19 heavy (non-hydrogen) atoms. The van der Waals surface area contributed by atoms with Crippen molar-refractivity contribution >= 4 is 0 Å². The summed E-state index contributed by atoms with van der Waals surface area (Å²) in [7, 11) is 1.79. The molecule has 1 saturated carbocycles. The second kappa shape index (κ2) is 6.90. The van der Waals surface area contributed by atoms with Gasteiger partial charge in [0, 0.05) is 11.6 Å². The van der Waals surface area contributed by atoms with Crippen molar-refractivity contribution in [2.75, 3.05) is 26.7 Å². The first-order chi connectivity index (χ1) is 8.79. The van der Waals surface area contributed by atoms with Crippen LogP contribution in [0.3, 0.4) is 0 Å². The largest absolute Gasteiger partial charge is 0.401 e. The lowest BCUT2D eigenvalue weighted by Gasteiger charge is -2.28. The number of hydrogen-bond donors (Lipinski definition) is 2. The number of nitrogens with one attached hydrogen (secondary N) is 1. The summed E-state index contributed by atoms with van der Waals surface area (Å²) < 4.78 is 37.3. The van der Waals surface area contributed by atoms with Gasteiger partial charge in [-0.15, -0.1) is 0 Å². The molecule has 0 aliphatic heterocycles. The molecule has 0 saturated heterocycles. The third-order valence-electron chi connectivity index (χ3n) is 3.82. The van der Waals surface area contributed by atoms with Gasteiger partial charge in [-0.25, -0.2) is 0 Å². The maximum Gasteiger partial charge on any atom is 0.401 e. The van der Waals surface area contributed by atoms with E-state index in [0.29, 0.717) is 6.54 Å². The van der Waals surface area contributed by atoms with Crippen molar-refractivity contribution in [2.24, 2.45) is 0 Å². The van der Waals surface area contributed by atoms with Crippen molar-refractivity contribution in [3.05, 3.63) is 0 Å². The Morgan fingerprint density at radius 1 is 1.26 bits per heavy atom. The predicted octanol–water partition coefficient (Wildman–Crippen LogP) is 2.15. The molecule has 3 nitrogen and oxygen atoms in total. The first-order valence-electron chi connectivity index (χ1n) is 6.90. The van der Waals surface area contributed by atoms with Crippen LogP contribution >= 0.6 is 0 Å². The van der Waals surface area contributed by atoms with Crippen LogP contribution in [0, 0.1) is 0 Å². The van der Waals surface area contributed by atoms with Crippen LogP contribution < -0.4 is 5.32 Å². The molecule has 1 aliphatic rings.